The minimum absolute atomic E-state index is 0.0664. The van der Waals surface area contributed by atoms with Gasteiger partial charge in [-0.15, -0.1) is 0 Å². The molecule has 3 fully saturated rings. The number of rotatable bonds is 42. The number of ether oxygens (including phenoxy) is 2. The molecule has 1 heterocycles. The maximum Gasteiger partial charge on any atom is 0.475 e. The van der Waals surface area contributed by atoms with Crippen LogP contribution in [-0.2, 0) is 63.9 Å². The molecule has 0 N–H and O–H groups in total. The lowest BCUT2D eigenvalue weighted by atomic mass is 9.87. The smallest absolute Gasteiger partial charge is 0.341 e. The molecule has 3 rings (SSSR count). The zero-order chi connectivity index (χ0) is 47.1. The summed E-state index contributed by atoms with van der Waals surface area (Å²) in [5.41, 5.74) is 0. The summed E-state index contributed by atoms with van der Waals surface area (Å²) in [7, 11) is -12.8. The van der Waals surface area contributed by atoms with Gasteiger partial charge >= 0.3 is 23.5 Å². The minimum Gasteiger partial charge on any atom is -0.341 e. The lowest BCUT2D eigenvalue weighted by molar-refractivity contribution is -0.202. The van der Waals surface area contributed by atoms with Gasteiger partial charge in [0.15, 0.2) is 5.79 Å². The third-order valence-electron chi connectivity index (χ3n) is 12.4. The van der Waals surface area contributed by atoms with Gasteiger partial charge in [-0.1, -0.05) is 164 Å². The van der Waals surface area contributed by atoms with E-state index >= 15 is 0 Å². The van der Waals surface area contributed by atoms with Crippen LogP contribution in [0, 0.1) is 0 Å². The van der Waals surface area contributed by atoms with Crippen LogP contribution in [0.2, 0.25) is 0 Å². The zero-order valence-electron chi connectivity index (χ0n) is 41.9. The zero-order valence-corrected chi connectivity index (χ0v) is 44.6. The molecule has 386 valence electrons. The molecular formula is C48H95O14P3. The topological polar surface area (TPSA) is 153 Å². The highest BCUT2D eigenvalue weighted by Gasteiger charge is 2.62. The molecule has 17 heteroatoms. The van der Waals surface area contributed by atoms with E-state index in [1.54, 1.807) is 0 Å². The van der Waals surface area contributed by atoms with E-state index in [-0.39, 0.29) is 46.1 Å². The molecule has 5 atom stereocenters. The molecule has 0 amide bonds. The van der Waals surface area contributed by atoms with E-state index in [0.29, 0.717) is 51.4 Å². The number of phosphoric ester groups is 3. The molecular weight excluding hydrogens is 893 g/mol. The third-order valence-corrected chi connectivity index (χ3v) is 17.0. The third kappa shape index (κ3) is 23.4. The van der Waals surface area contributed by atoms with E-state index in [4.69, 9.17) is 50.2 Å². The second-order valence-corrected chi connectivity index (χ2v) is 23.3. The summed E-state index contributed by atoms with van der Waals surface area (Å²) >= 11 is 0. The first-order chi connectivity index (χ1) is 31.5. The molecule has 1 aliphatic heterocycles. The highest BCUT2D eigenvalue weighted by atomic mass is 31.2. The van der Waals surface area contributed by atoms with E-state index in [2.05, 4.69) is 41.5 Å². The maximum atomic E-state index is 15.0. The average molecular weight is 989 g/mol. The molecule has 0 aromatic heterocycles. The molecule has 1 saturated heterocycles. The van der Waals surface area contributed by atoms with Crippen LogP contribution in [-0.4, -0.2) is 75.9 Å². The number of hydrogen-bond donors (Lipinski definition) is 0. The van der Waals surface area contributed by atoms with E-state index in [1.165, 1.54) is 0 Å². The monoisotopic (exact) mass is 989 g/mol. The fraction of sp³-hybridized carbons (Fsp3) is 1.00. The lowest BCUT2D eigenvalue weighted by Gasteiger charge is -2.42. The fourth-order valence-electron chi connectivity index (χ4n) is 8.57. The van der Waals surface area contributed by atoms with Gasteiger partial charge in [-0.25, -0.2) is 13.7 Å². The summed E-state index contributed by atoms with van der Waals surface area (Å²) in [6.45, 7) is 13.8. The van der Waals surface area contributed by atoms with Crippen molar-refractivity contribution in [3.63, 3.8) is 0 Å². The largest absolute Gasteiger partial charge is 0.475 e. The van der Waals surface area contributed by atoms with Gasteiger partial charge in [-0.3, -0.25) is 40.7 Å². The van der Waals surface area contributed by atoms with Crippen molar-refractivity contribution in [2.24, 2.45) is 0 Å². The van der Waals surface area contributed by atoms with Gasteiger partial charge < -0.3 is 9.47 Å². The standard InChI is InChI=1S/C48H95O14P3/c1-7-13-19-28-36-52-63(49,53-37-29-20-14-8-2)60-43-42-44(61-64(50,54-38-30-21-15-9-3)55-39-31-22-16-10-4)46(47-45(43)58-48(59-47)34-26-25-27-35-48)62-65(51,56-40-32-23-17-11-5)57-41-33-24-18-12-6/h43-47H,7-42H2,1-6H3/t43-,44+,45-,46-,47-/m0/s1. The minimum atomic E-state index is -4.30. The molecule has 0 aromatic carbocycles. The molecule has 0 aromatic rings. The number of hydrogen-bond acceptors (Lipinski definition) is 14. The quantitative estimate of drug-likeness (QED) is 0.0421. The Morgan fingerprint density at radius 2 is 0.692 bits per heavy atom. The van der Waals surface area contributed by atoms with Crippen LogP contribution < -0.4 is 0 Å². The van der Waals surface area contributed by atoms with Crippen molar-refractivity contribution in [3.05, 3.63) is 0 Å². The van der Waals surface area contributed by atoms with Crippen molar-refractivity contribution in [3.8, 4) is 0 Å². The van der Waals surface area contributed by atoms with Gasteiger partial charge in [0.1, 0.15) is 30.5 Å². The summed E-state index contributed by atoms with van der Waals surface area (Å²) in [4.78, 5) is 0. The second-order valence-electron chi connectivity index (χ2n) is 18.4. The number of unbranched alkanes of at least 4 members (excludes halogenated alkanes) is 18. The molecule has 65 heavy (non-hydrogen) atoms. The van der Waals surface area contributed by atoms with Crippen LogP contribution in [0.4, 0.5) is 0 Å². The average Bonchev–Trinajstić information content (AvgIpc) is 3.66. The van der Waals surface area contributed by atoms with Crippen LogP contribution in [0.25, 0.3) is 0 Å². The highest BCUT2D eigenvalue weighted by molar-refractivity contribution is 7.49. The maximum absolute atomic E-state index is 15.0. The molecule has 2 aliphatic carbocycles. The summed E-state index contributed by atoms with van der Waals surface area (Å²) in [5.74, 6) is -1.00. The predicted octanol–water partition coefficient (Wildman–Crippen LogP) is 15.9. The SMILES string of the molecule is CCCCCCOP(=O)(OCCCCCC)O[C@@H]1[C@H]2OC3(CCCCC3)O[C@H]2[C@@H](OP(=O)(OCCCCCC)OCCCCCC)C[C@H]1OP(=O)(OCCCCCC)OCCCCCC. The molecule has 2 saturated carbocycles. The molecule has 0 unspecified atom stereocenters. The van der Waals surface area contributed by atoms with E-state index in [0.717, 1.165) is 135 Å². The Morgan fingerprint density at radius 1 is 0.385 bits per heavy atom. The summed E-state index contributed by atoms with van der Waals surface area (Å²) < 4.78 is 115. The highest BCUT2D eigenvalue weighted by Crippen LogP contribution is 2.61. The van der Waals surface area contributed by atoms with Crippen molar-refractivity contribution < 1.29 is 63.9 Å². The normalized spacial score (nSPS) is 22.5. The number of phosphoric acid groups is 3. The number of fused-ring (bicyclic) bond motifs is 1. The van der Waals surface area contributed by atoms with E-state index in [9.17, 15) is 13.7 Å². The Bertz CT molecular complexity index is 1280. The molecule has 0 radical (unpaired) electrons. The van der Waals surface area contributed by atoms with E-state index < -0.39 is 59.8 Å². The Labute approximate surface area is 396 Å². The molecule has 1 spiro atoms. The Balaban J connectivity index is 2.10. The second kappa shape index (κ2) is 34.6. The van der Waals surface area contributed by atoms with Crippen molar-refractivity contribution in [1.82, 2.24) is 0 Å². The molecule has 3 aliphatic rings. The first-order valence-electron chi connectivity index (χ1n) is 26.6. The van der Waals surface area contributed by atoms with Crippen LogP contribution in [0.1, 0.15) is 234 Å². The van der Waals surface area contributed by atoms with Gasteiger partial charge in [0, 0.05) is 19.3 Å². The lowest BCUT2D eigenvalue weighted by Crippen LogP contribution is -2.56. The first-order valence-corrected chi connectivity index (χ1v) is 31.0. The summed E-state index contributed by atoms with van der Waals surface area (Å²) in [6, 6.07) is 0. The van der Waals surface area contributed by atoms with Crippen molar-refractivity contribution >= 4 is 23.5 Å². The van der Waals surface area contributed by atoms with Crippen LogP contribution in [0.3, 0.4) is 0 Å². The summed E-state index contributed by atoms with van der Waals surface area (Å²) in [6.07, 6.45) is 20.6. The van der Waals surface area contributed by atoms with Crippen molar-refractivity contribution in [2.45, 2.75) is 270 Å². The fourth-order valence-corrected chi connectivity index (χ4v) is 12.9. The summed E-state index contributed by atoms with van der Waals surface area (Å²) in [5, 5.41) is 0. The molecule has 0 bridgehead atoms. The first kappa shape index (κ1) is 59.6. The Kier molecular flexibility index (Phi) is 31.7. The molecule has 14 nitrogen and oxygen atoms in total. The van der Waals surface area contributed by atoms with Gasteiger partial charge in [0.25, 0.3) is 0 Å². The van der Waals surface area contributed by atoms with Crippen LogP contribution >= 0.6 is 23.5 Å². The van der Waals surface area contributed by atoms with Crippen LogP contribution in [0.15, 0.2) is 0 Å². The van der Waals surface area contributed by atoms with Crippen LogP contribution in [0.5, 0.6) is 0 Å². The van der Waals surface area contributed by atoms with Gasteiger partial charge in [-0.05, 0) is 51.4 Å². The van der Waals surface area contributed by atoms with Gasteiger partial charge in [0.2, 0.25) is 0 Å². The van der Waals surface area contributed by atoms with Gasteiger partial charge in [-0.2, -0.15) is 0 Å². The van der Waals surface area contributed by atoms with E-state index in [1.807, 2.05) is 0 Å². The van der Waals surface area contributed by atoms with Crippen molar-refractivity contribution in [2.75, 3.05) is 39.6 Å². The Hall–Kier alpha value is 0.250. The predicted molar refractivity (Wildman–Crippen MR) is 258 cm³/mol. The van der Waals surface area contributed by atoms with Crippen molar-refractivity contribution in [1.29, 1.82) is 0 Å². The van der Waals surface area contributed by atoms with Gasteiger partial charge in [0.05, 0.1) is 39.6 Å². The Morgan fingerprint density at radius 3 is 1.03 bits per heavy atom.